The van der Waals surface area contributed by atoms with E-state index in [9.17, 15) is 26.7 Å². The van der Waals surface area contributed by atoms with Gasteiger partial charge in [0.25, 0.3) is 0 Å². The maximum atomic E-state index is 12.3. The molecular formula is C8H8F3NO3S. The van der Waals surface area contributed by atoms with Crippen molar-refractivity contribution in [2.75, 3.05) is 12.0 Å². The first-order valence-corrected chi connectivity index (χ1v) is 5.82. The van der Waals surface area contributed by atoms with E-state index in [0.29, 0.717) is 18.4 Å². The van der Waals surface area contributed by atoms with Gasteiger partial charge in [-0.05, 0) is 12.1 Å². The van der Waals surface area contributed by atoms with Gasteiger partial charge in [-0.3, -0.25) is 0 Å². The molecule has 8 heteroatoms. The van der Waals surface area contributed by atoms with Crippen molar-refractivity contribution in [3.63, 3.8) is 0 Å². The Kier molecular flexibility index (Phi) is 2.80. The van der Waals surface area contributed by atoms with Crippen molar-refractivity contribution in [2.45, 2.75) is 11.1 Å². The summed E-state index contributed by atoms with van der Waals surface area (Å²) in [4.78, 5) is -0.833. The Morgan fingerprint density at radius 1 is 1.31 bits per heavy atom. The molecule has 0 radical (unpaired) electrons. The van der Waals surface area contributed by atoms with Crippen LogP contribution in [0.5, 0.6) is 5.75 Å². The third-order valence-corrected chi connectivity index (χ3v) is 2.94. The van der Waals surface area contributed by atoms with Gasteiger partial charge in [0.15, 0.2) is 15.6 Å². The number of aromatic hydroxyl groups is 1. The van der Waals surface area contributed by atoms with Crippen LogP contribution in [0.1, 0.15) is 5.56 Å². The summed E-state index contributed by atoms with van der Waals surface area (Å²) in [7, 11) is -3.97. The number of nitrogens with two attached hydrogens (primary N) is 1. The maximum absolute atomic E-state index is 12.3. The lowest BCUT2D eigenvalue weighted by Gasteiger charge is -2.11. The van der Waals surface area contributed by atoms with Gasteiger partial charge in [0.1, 0.15) is 4.90 Å². The van der Waals surface area contributed by atoms with Crippen molar-refractivity contribution in [3.8, 4) is 5.75 Å². The predicted octanol–water partition coefficient (Wildman–Crippen LogP) is 1.40. The zero-order chi connectivity index (χ0) is 12.7. The molecule has 0 unspecified atom stereocenters. The van der Waals surface area contributed by atoms with Crippen molar-refractivity contribution in [3.05, 3.63) is 17.7 Å². The minimum absolute atomic E-state index is 0.348. The highest BCUT2D eigenvalue weighted by Gasteiger charge is 2.33. The summed E-state index contributed by atoms with van der Waals surface area (Å²) in [5.41, 5.74) is 3.25. The van der Waals surface area contributed by atoms with Crippen molar-refractivity contribution < 1.29 is 26.7 Å². The minimum atomic E-state index is -4.72. The first-order chi connectivity index (χ1) is 7.03. The van der Waals surface area contributed by atoms with E-state index in [-0.39, 0.29) is 0 Å². The maximum Gasteiger partial charge on any atom is 0.416 e. The first kappa shape index (κ1) is 12.6. The zero-order valence-electron chi connectivity index (χ0n) is 8.04. The van der Waals surface area contributed by atoms with Crippen LogP contribution < -0.4 is 5.73 Å². The Morgan fingerprint density at radius 2 is 1.81 bits per heavy atom. The number of hydrogen-bond donors (Lipinski definition) is 2. The van der Waals surface area contributed by atoms with Crippen LogP contribution in [0.25, 0.3) is 0 Å². The van der Waals surface area contributed by atoms with E-state index in [2.05, 4.69) is 0 Å². The quantitative estimate of drug-likeness (QED) is 0.587. The summed E-state index contributed by atoms with van der Waals surface area (Å²) in [5.74, 6) is -0.865. The SMILES string of the molecule is CS(=O)(=O)c1cc(C(F)(F)F)cc(N)c1O. The second kappa shape index (κ2) is 3.55. The molecule has 0 aromatic heterocycles. The predicted molar refractivity (Wildman–Crippen MR) is 50.6 cm³/mol. The van der Waals surface area contributed by atoms with E-state index in [4.69, 9.17) is 5.73 Å². The van der Waals surface area contributed by atoms with E-state index in [0.717, 1.165) is 0 Å². The molecule has 0 saturated carbocycles. The minimum Gasteiger partial charge on any atom is -0.504 e. The summed E-state index contributed by atoms with van der Waals surface area (Å²) in [5, 5.41) is 9.25. The monoisotopic (exact) mass is 255 g/mol. The summed E-state index contributed by atoms with van der Waals surface area (Å²) in [6.45, 7) is 0. The van der Waals surface area contributed by atoms with Gasteiger partial charge in [0, 0.05) is 6.26 Å². The lowest BCUT2D eigenvalue weighted by Crippen LogP contribution is -2.09. The number of phenolic OH excluding ortho intramolecular Hbond substituents is 1. The number of benzene rings is 1. The molecule has 1 rings (SSSR count). The highest BCUT2D eigenvalue weighted by Crippen LogP contribution is 2.37. The van der Waals surface area contributed by atoms with Crippen LogP contribution in [0.4, 0.5) is 18.9 Å². The van der Waals surface area contributed by atoms with Crippen LogP contribution in [-0.2, 0) is 16.0 Å². The Balaban J connectivity index is 3.59. The molecule has 0 amide bonds. The third kappa shape index (κ3) is 2.38. The van der Waals surface area contributed by atoms with E-state index < -0.39 is 37.9 Å². The normalized spacial score (nSPS) is 12.8. The van der Waals surface area contributed by atoms with Crippen molar-refractivity contribution in [2.24, 2.45) is 0 Å². The summed E-state index contributed by atoms with van der Waals surface area (Å²) < 4.78 is 59.2. The molecule has 1 aromatic carbocycles. The zero-order valence-corrected chi connectivity index (χ0v) is 8.85. The molecule has 90 valence electrons. The number of nitrogen functional groups attached to an aromatic ring is 1. The molecule has 0 bridgehead atoms. The van der Waals surface area contributed by atoms with Gasteiger partial charge in [-0.1, -0.05) is 0 Å². The van der Waals surface area contributed by atoms with Crippen LogP contribution in [0.15, 0.2) is 17.0 Å². The lowest BCUT2D eigenvalue weighted by molar-refractivity contribution is -0.137. The Morgan fingerprint density at radius 3 is 2.19 bits per heavy atom. The van der Waals surface area contributed by atoms with Gasteiger partial charge < -0.3 is 10.8 Å². The number of anilines is 1. The van der Waals surface area contributed by atoms with Gasteiger partial charge >= 0.3 is 6.18 Å². The van der Waals surface area contributed by atoms with Crippen LogP contribution in [0.2, 0.25) is 0 Å². The average Bonchev–Trinajstić information content (AvgIpc) is 2.05. The van der Waals surface area contributed by atoms with Gasteiger partial charge in [-0.25, -0.2) is 8.42 Å². The number of phenols is 1. The number of alkyl halides is 3. The topological polar surface area (TPSA) is 80.4 Å². The largest absolute Gasteiger partial charge is 0.504 e. The Bertz CT molecular complexity index is 522. The first-order valence-electron chi connectivity index (χ1n) is 3.93. The highest BCUT2D eigenvalue weighted by molar-refractivity contribution is 7.90. The van der Waals surface area contributed by atoms with Gasteiger partial charge in [-0.15, -0.1) is 0 Å². The number of hydrogen-bond acceptors (Lipinski definition) is 4. The fourth-order valence-electron chi connectivity index (χ4n) is 1.08. The summed E-state index contributed by atoms with van der Waals surface area (Å²) in [6, 6.07) is 0.824. The number of rotatable bonds is 1. The molecule has 0 saturated heterocycles. The van der Waals surface area contributed by atoms with E-state index >= 15 is 0 Å². The second-order valence-electron chi connectivity index (χ2n) is 3.18. The van der Waals surface area contributed by atoms with Gasteiger partial charge in [-0.2, -0.15) is 13.2 Å². The van der Waals surface area contributed by atoms with E-state index in [1.807, 2.05) is 0 Å². The van der Waals surface area contributed by atoms with Crippen LogP contribution in [-0.4, -0.2) is 19.8 Å². The average molecular weight is 255 g/mol. The third-order valence-electron chi connectivity index (χ3n) is 1.83. The fraction of sp³-hybridized carbons (Fsp3) is 0.250. The molecular weight excluding hydrogens is 247 g/mol. The molecule has 0 aliphatic rings. The molecule has 0 atom stereocenters. The fourth-order valence-corrected chi connectivity index (χ4v) is 1.89. The summed E-state index contributed by atoms with van der Waals surface area (Å²) in [6.07, 6.45) is -4.04. The van der Waals surface area contributed by atoms with E-state index in [1.165, 1.54) is 0 Å². The molecule has 16 heavy (non-hydrogen) atoms. The summed E-state index contributed by atoms with van der Waals surface area (Å²) >= 11 is 0. The molecule has 0 aliphatic heterocycles. The van der Waals surface area contributed by atoms with Crippen LogP contribution >= 0.6 is 0 Å². The number of sulfone groups is 1. The molecule has 4 nitrogen and oxygen atoms in total. The van der Waals surface area contributed by atoms with Crippen molar-refractivity contribution >= 4 is 15.5 Å². The molecule has 0 fully saturated rings. The van der Waals surface area contributed by atoms with Crippen LogP contribution in [0.3, 0.4) is 0 Å². The Labute approximate surface area is 89.4 Å². The van der Waals surface area contributed by atoms with Gasteiger partial charge in [0.05, 0.1) is 11.3 Å². The van der Waals surface area contributed by atoms with Crippen molar-refractivity contribution in [1.82, 2.24) is 0 Å². The second-order valence-corrected chi connectivity index (χ2v) is 5.17. The Hall–Kier alpha value is -1.44. The smallest absolute Gasteiger partial charge is 0.416 e. The highest BCUT2D eigenvalue weighted by atomic mass is 32.2. The van der Waals surface area contributed by atoms with E-state index in [1.54, 1.807) is 0 Å². The van der Waals surface area contributed by atoms with Gasteiger partial charge in [0.2, 0.25) is 0 Å². The molecule has 0 heterocycles. The van der Waals surface area contributed by atoms with Crippen molar-refractivity contribution in [1.29, 1.82) is 0 Å². The molecule has 1 aromatic rings. The molecule has 0 aliphatic carbocycles. The molecule has 3 N–H and O–H groups in total. The van der Waals surface area contributed by atoms with Crippen LogP contribution in [0, 0.1) is 0 Å². The standard InChI is InChI=1S/C8H8F3NO3S/c1-16(14,15)6-3-4(8(9,10)11)2-5(12)7(6)13/h2-3,13H,12H2,1H3. The molecule has 0 spiro atoms. The lowest BCUT2D eigenvalue weighted by atomic mass is 10.2. The number of halogens is 3.